The first-order chi connectivity index (χ1) is 18.3. The van der Waals surface area contributed by atoms with E-state index in [2.05, 4.69) is 4.99 Å². The Morgan fingerprint density at radius 1 is 1.08 bits per heavy atom. The summed E-state index contributed by atoms with van der Waals surface area (Å²) < 4.78 is 14.5. The number of carbonyl (C=O) groups excluding carboxylic acids is 2. The van der Waals surface area contributed by atoms with Gasteiger partial charge < -0.3 is 14.0 Å². The van der Waals surface area contributed by atoms with Gasteiger partial charge in [0, 0.05) is 27.0 Å². The fourth-order valence-electron chi connectivity index (χ4n) is 4.82. The third kappa shape index (κ3) is 4.43. The van der Waals surface area contributed by atoms with Crippen LogP contribution in [0.2, 0.25) is 0 Å². The summed E-state index contributed by atoms with van der Waals surface area (Å²) in [5.74, 6) is -0.792. The quantitative estimate of drug-likeness (QED) is 0.328. The summed E-state index contributed by atoms with van der Waals surface area (Å²) in [5, 5.41) is 2.85. The molecule has 10 heteroatoms. The van der Waals surface area contributed by atoms with Gasteiger partial charge in [-0.1, -0.05) is 35.6 Å². The molecule has 8 nitrogen and oxygen atoms in total. The molecule has 0 amide bonds. The molecule has 0 fully saturated rings. The number of carbonyl (C=O) groups is 2. The predicted octanol–water partition coefficient (Wildman–Crippen LogP) is 3.69. The Bertz CT molecular complexity index is 1760. The lowest BCUT2D eigenvalue weighted by Gasteiger charge is -2.23. The molecule has 0 saturated heterocycles. The number of fused-ring (bicyclic) bond motifs is 2. The number of hydrogen-bond acceptors (Lipinski definition) is 8. The van der Waals surface area contributed by atoms with E-state index in [9.17, 15) is 14.4 Å². The van der Waals surface area contributed by atoms with Crippen molar-refractivity contribution in [1.82, 2.24) is 9.13 Å². The Labute approximate surface area is 226 Å². The number of nitrogens with zero attached hydrogens (tertiary/aromatic N) is 3. The van der Waals surface area contributed by atoms with Crippen molar-refractivity contribution >= 4 is 51.6 Å². The molecule has 196 valence electrons. The number of aromatic nitrogens is 2. The molecule has 1 atom stereocenters. The van der Waals surface area contributed by atoms with Gasteiger partial charge in [0.25, 0.3) is 5.56 Å². The Kier molecular flexibility index (Phi) is 7.18. The lowest BCUT2D eigenvalue weighted by molar-refractivity contribution is -0.143. The molecule has 0 radical (unpaired) electrons. The minimum atomic E-state index is -0.612. The van der Waals surface area contributed by atoms with Gasteiger partial charge >= 0.3 is 11.9 Å². The van der Waals surface area contributed by atoms with Crippen molar-refractivity contribution in [2.24, 2.45) is 4.99 Å². The van der Waals surface area contributed by atoms with Crippen molar-refractivity contribution in [2.75, 3.05) is 13.2 Å². The molecule has 4 heterocycles. The molecular weight excluding hydrogens is 522 g/mol. The number of esters is 2. The van der Waals surface area contributed by atoms with E-state index in [-0.39, 0.29) is 24.7 Å². The summed E-state index contributed by atoms with van der Waals surface area (Å²) in [6.07, 6.45) is 1.86. The van der Waals surface area contributed by atoms with Gasteiger partial charge in [-0.05, 0) is 51.3 Å². The summed E-state index contributed by atoms with van der Waals surface area (Å²) in [5.41, 5.74) is 3.26. The second-order valence-corrected chi connectivity index (χ2v) is 10.7. The number of thiazole rings is 1. The van der Waals surface area contributed by atoms with Gasteiger partial charge in [0.05, 0.1) is 29.0 Å². The fourth-order valence-corrected chi connectivity index (χ4v) is 6.67. The molecule has 4 aromatic rings. The average Bonchev–Trinajstić information content (AvgIpc) is 3.59. The van der Waals surface area contributed by atoms with E-state index in [4.69, 9.17) is 9.47 Å². The molecule has 1 aliphatic rings. The number of benzene rings is 1. The van der Waals surface area contributed by atoms with Crippen molar-refractivity contribution in [3.63, 3.8) is 0 Å². The summed E-state index contributed by atoms with van der Waals surface area (Å²) in [4.78, 5) is 45.2. The number of allylic oxidation sites excluding steroid dienone is 1. The van der Waals surface area contributed by atoms with Gasteiger partial charge in [0.1, 0.15) is 12.6 Å². The van der Waals surface area contributed by atoms with E-state index in [1.165, 1.54) is 22.7 Å². The zero-order valence-corrected chi connectivity index (χ0v) is 23.1. The van der Waals surface area contributed by atoms with Crippen LogP contribution in [0.25, 0.3) is 17.0 Å². The molecule has 3 aromatic heterocycles. The third-order valence-corrected chi connectivity index (χ3v) is 8.39. The molecular formula is C28H27N3O5S2. The fraction of sp³-hybridized carbons (Fsp3) is 0.286. The van der Waals surface area contributed by atoms with Crippen molar-refractivity contribution in [1.29, 1.82) is 0 Å². The topological polar surface area (TPSA) is 91.9 Å². The minimum Gasteiger partial charge on any atom is -0.465 e. The Morgan fingerprint density at radius 3 is 2.55 bits per heavy atom. The second kappa shape index (κ2) is 10.5. The molecule has 0 aliphatic carbocycles. The number of hydrogen-bond donors (Lipinski definition) is 0. The van der Waals surface area contributed by atoms with E-state index >= 15 is 0 Å². The summed E-state index contributed by atoms with van der Waals surface area (Å²) in [7, 11) is 0. The van der Waals surface area contributed by atoms with Crippen LogP contribution in [0, 0.1) is 6.92 Å². The Hall–Kier alpha value is -3.76. The van der Waals surface area contributed by atoms with Crippen molar-refractivity contribution < 1.29 is 19.1 Å². The predicted molar refractivity (Wildman–Crippen MR) is 148 cm³/mol. The number of rotatable bonds is 7. The molecule has 1 aliphatic heterocycles. The molecule has 38 heavy (non-hydrogen) atoms. The van der Waals surface area contributed by atoms with Crippen LogP contribution in [0.4, 0.5) is 0 Å². The van der Waals surface area contributed by atoms with Gasteiger partial charge in [0.2, 0.25) is 0 Å². The van der Waals surface area contributed by atoms with Crippen LogP contribution < -0.4 is 14.9 Å². The van der Waals surface area contributed by atoms with E-state index in [0.717, 1.165) is 27.0 Å². The lowest BCUT2D eigenvalue weighted by atomic mass is 10.0. The SMILES string of the molecule is CCOC(=O)Cn1c(C)c(C=c2sc3n(c2=O)[C@@H](c2cccs2)C(C(=O)OCC)=C(C)N=3)c2ccccc21. The number of thiophene rings is 1. The first-order valence-corrected chi connectivity index (χ1v) is 14.0. The van der Waals surface area contributed by atoms with E-state index in [0.29, 0.717) is 27.2 Å². The second-order valence-electron chi connectivity index (χ2n) is 8.73. The van der Waals surface area contributed by atoms with Crippen LogP contribution in [0.1, 0.15) is 42.9 Å². The van der Waals surface area contributed by atoms with E-state index in [1.807, 2.05) is 59.3 Å². The Morgan fingerprint density at radius 2 is 1.84 bits per heavy atom. The molecule has 0 unspecified atom stereocenters. The maximum Gasteiger partial charge on any atom is 0.338 e. The summed E-state index contributed by atoms with van der Waals surface area (Å²) in [6, 6.07) is 11.0. The highest BCUT2D eigenvalue weighted by Crippen LogP contribution is 2.33. The van der Waals surface area contributed by atoms with Gasteiger partial charge in [-0.25, -0.2) is 9.79 Å². The largest absolute Gasteiger partial charge is 0.465 e. The zero-order chi connectivity index (χ0) is 27.0. The molecule has 0 saturated carbocycles. The summed E-state index contributed by atoms with van der Waals surface area (Å²) >= 11 is 2.76. The molecule has 1 aromatic carbocycles. The molecule has 5 rings (SSSR count). The smallest absolute Gasteiger partial charge is 0.338 e. The maximum absolute atomic E-state index is 13.9. The number of para-hydroxylation sites is 1. The van der Waals surface area contributed by atoms with Gasteiger partial charge in [0.15, 0.2) is 4.80 Å². The van der Waals surface area contributed by atoms with Crippen LogP contribution in [-0.4, -0.2) is 34.3 Å². The monoisotopic (exact) mass is 549 g/mol. The lowest BCUT2D eigenvalue weighted by Crippen LogP contribution is -2.39. The van der Waals surface area contributed by atoms with Crippen molar-refractivity contribution in [3.8, 4) is 0 Å². The van der Waals surface area contributed by atoms with Crippen molar-refractivity contribution in [3.05, 3.63) is 88.9 Å². The standard InChI is InChI=1S/C28H27N3O5S2/c1-5-35-23(32)15-30-17(4)19(18-10-7-8-11-20(18)30)14-22-26(33)31-25(21-12-9-13-37-21)24(27(34)36-6-2)16(3)29-28(31)38-22/h7-14,25H,5-6,15H2,1-4H3/t25-/m0/s1. The van der Waals surface area contributed by atoms with Gasteiger partial charge in [-0.2, -0.15) is 0 Å². The third-order valence-electron chi connectivity index (χ3n) is 6.48. The van der Waals surface area contributed by atoms with Gasteiger partial charge in [-0.15, -0.1) is 11.3 Å². The minimum absolute atomic E-state index is 0.0791. The number of ether oxygens (including phenoxy) is 2. The van der Waals surface area contributed by atoms with Crippen LogP contribution in [0.5, 0.6) is 0 Å². The molecule has 0 N–H and O–H groups in total. The summed E-state index contributed by atoms with van der Waals surface area (Å²) in [6.45, 7) is 7.86. The average molecular weight is 550 g/mol. The van der Waals surface area contributed by atoms with Crippen LogP contribution in [0.15, 0.2) is 62.8 Å². The molecule has 0 spiro atoms. The van der Waals surface area contributed by atoms with Gasteiger partial charge in [-0.3, -0.25) is 14.2 Å². The highest BCUT2D eigenvalue weighted by Gasteiger charge is 2.34. The molecule has 0 bridgehead atoms. The van der Waals surface area contributed by atoms with Crippen LogP contribution >= 0.6 is 22.7 Å². The first kappa shape index (κ1) is 25.9. The van der Waals surface area contributed by atoms with Crippen LogP contribution in [-0.2, 0) is 25.6 Å². The normalized spacial score (nSPS) is 15.5. The Balaban J connectivity index is 1.71. The van der Waals surface area contributed by atoms with Crippen LogP contribution in [0.3, 0.4) is 0 Å². The highest BCUT2D eigenvalue weighted by atomic mass is 32.1. The van der Waals surface area contributed by atoms with E-state index in [1.54, 1.807) is 25.3 Å². The first-order valence-electron chi connectivity index (χ1n) is 12.3. The highest BCUT2D eigenvalue weighted by molar-refractivity contribution is 7.10. The van der Waals surface area contributed by atoms with E-state index < -0.39 is 12.0 Å². The maximum atomic E-state index is 13.9. The van der Waals surface area contributed by atoms with Crippen molar-refractivity contribution in [2.45, 2.75) is 40.3 Å². The zero-order valence-electron chi connectivity index (χ0n) is 21.5.